The summed E-state index contributed by atoms with van der Waals surface area (Å²) < 4.78 is 12.4. The fourth-order valence-electron chi connectivity index (χ4n) is 2.14. The van der Waals surface area contributed by atoms with E-state index in [1.807, 2.05) is 54.8 Å². The van der Waals surface area contributed by atoms with Crippen LogP contribution in [0.5, 0.6) is 0 Å². The van der Waals surface area contributed by atoms with E-state index in [4.69, 9.17) is 0 Å². The Bertz CT molecular complexity index is 632. The predicted octanol–water partition coefficient (Wildman–Crippen LogP) is 4.53. The molecule has 0 aromatic heterocycles. The SMILES string of the molecule is CCC/C(=C\S(=O)c1ccc(C)cc1)NCc1ccccc1. The van der Waals surface area contributed by atoms with E-state index in [9.17, 15) is 4.21 Å². The van der Waals surface area contributed by atoms with Crippen molar-refractivity contribution >= 4 is 10.8 Å². The van der Waals surface area contributed by atoms with Gasteiger partial charge in [-0.1, -0.05) is 61.4 Å². The minimum atomic E-state index is -1.11. The second-order valence-corrected chi connectivity index (χ2v) is 6.64. The normalized spacial score (nSPS) is 12.9. The van der Waals surface area contributed by atoms with Gasteiger partial charge in [-0.05, 0) is 31.0 Å². The predicted molar refractivity (Wildman–Crippen MR) is 93.9 cm³/mol. The molecule has 0 saturated heterocycles. The Morgan fingerprint density at radius 3 is 2.41 bits per heavy atom. The van der Waals surface area contributed by atoms with Crippen molar-refractivity contribution in [2.75, 3.05) is 0 Å². The van der Waals surface area contributed by atoms with E-state index in [0.29, 0.717) is 0 Å². The third-order valence-corrected chi connectivity index (χ3v) is 4.62. The molecule has 0 aliphatic carbocycles. The molecule has 0 saturated carbocycles. The fourth-order valence-corrected chi connectivity index (χ4v) is 3.14. The molecule has 0 spiro atoms. The van der Waals surface area contributed by atoms with Crippen LogP contribution in [0.15, 0.2) is 70.6 Å². The average molecular weight is 313 g/mol. The van der Waals surface area contributed by atoms with Crippen LogP contribution >= 0.6 is 0 Å². The molecule has 0 amide bonds. The van der Waals surface area contributed by atoms with Gasteiger partial charge < -0.3 is 5.32 Å². The van der Waals surface area contributed by atoms with E-state index >= 15 is 0 Å². The number of benzene rings is 2. The van der Waals surface area contributed by atoms with Gasteiger partial charge in [0.2, 0.25) is 0 Å². The molecule has 0 aliphatic rings. The largest absolute Gasteiger partial charge is 0.384 e. The van der Waals surface area contributed by atoms with Crippen molar-refractivity contribution in [1.82, 2.24) is 5.32 Å². The molecule has 116 valence electrons. The molecule has 1 atom stereocenters. The summed E-state index contributed by atoms with van der Waals surface area (Å²) in [4.78, 5) is 0.848. The van der Waals surface area contributed by atoms with E-state index in [2.05, 4.69) is 24.4 Å². The molecule has 1 N–H and O–H groups in total. The molecule has 2 aromatic carbocycles. The van der Waals surface area contributed by atoms with Gasteiger partial charge in [-0.2, -0.15) is 0 Å². The molecule has 2 nitrogen and oxygen atoms in total. The van der Waals surface area contributed by atoms with Crippen LogP contribution in [0.1, 0.15) is 30.9 Å². The molecule has 3 heteroatoms. The lowest BCUT2D eigenvalue weighted by Gasteiger charge is -2.10. The minimum absolute atomic E-state index is 0.762. The first-order valence-corrected chi connectivity index (χ1v) is 8.86. The van der Waals surface area contributed by atoms with Crippen molar-refractivity contribution in [3.63, 3.8) is 0 Å². The lowest BCUT2D eigenvalue weighted by Crippen LogP contribution is -2.13. The maximum absolute atomic E-state index is 12.4. The summed E-state index contributed by atoms with van der Waals surface area (Å²) in [5.74, 6) is 0. The molecule has 0 radical (unpaired) electrons. The van der Waals surface area contributed by atoms with Crippen LogP contribution < -0.4 is 5.32 Å². The van der Waals surface area contributed by atoms with Crippen molar-refractivity contribution in [1.29, 1.82) is 0 Å². The quantitative estimate of drug-likeness (QED) is 0.813. The van der Waals surface area contributed by atoms with E-state index in [0.717, 1.165) is 30.0 Å². The van der Waals surface area contributed by atoms with Crippen molar-refractivity contribution in [2.45, 2.75) is 38.1 Å². The number of allylic oxidation sites excluding steroid dienone is 1. The summed E-state index contributed by atoms with van der Waals surface area (Å²) in [6.07, 6.45) is 1.93. The molecule has 0 aliphatic heterocycles. The third-order valence-electron chi connectivity index (χ3n) is 3.38. The van der Waals surface area contributed by atoms with Gasteiger partial charge >= 0.3 is 0 Å². The Morgan fingerprint density at radius 2 is 1.77 bits per heavy atom. The summed E-state index contributed by atoms with van der Waals surface area (Å²) >= 11 is 0. The summed E-state index contributed by atoms with van der Waals surface area (Å²) in [5, 5.41) is 5.26. The highest BCUT2D eigenvalue weighted by atomic mass is 32.2. The molecule has 2 rings (SSSR count). The molecule has 0 heterocycles. The van der Waals surface area contributed by atoms with Gasteiger partial charge in [0.25, 0.3) is 0 Å². The Hall–Kier alpha value is -1.87. The van der Waals surface area contributed by atoms with Crippen LogP contribution in [-0.4, -0.2) is 4.21 Å². The molecule has 0 fully saturated rings. The lowest BCUT2D eigenvalue weighted by atomic mass is 10.2. The topological polar surface area (TPSA) is 29.1 Å². The summed E-state index contributed by atoms with van der Waals surface area (Å²) in [7, 11) is -1.11. The van der Waals surface area contributed by atoms with E-state index < -0.39 is 10.8 Å². The van der Waals surface area contributed by atoms with Gasteiger partial charge in [-0.3, -0.25) is 0 Å². The molecule has 1 unspecified atom stereocenters. The van der Waals surface area contributed by atoms with Crippen LogP contribution in [0.3, 0.4) is 0 Å². The van der Waals surface area contributed by atoms with Crippen molar-refractivity contribution < 1.29 is 4.21 Å². The monoisotopic (exact) mass is 313 g/mol. The number of rotatable bonds is 7. The molecule has 0 bridgehead atoms. The van der Waals surface area contributed by atoms with Crippen molar-refractivity contribution in [3.05, 3.63) is 76.8 Å². The number of aryl methyl sites for hydroxylation is 1. The van der Waals surface area contributed by atoms with Gasteiger partial charge in [0, 0.05) is 22.5 Å². The number of hydrogen-bond donors (Lipinski definition) is 1. The van der Waals surface area contributed by atoms with Crippen LogP contribution in [0, 0.1) is 6.92 Å². The first-order chi connectivity index (χ1) is 10.7. The molecule has 2 aromatic rings. The van der Waals surface area contributed by atoms with Crippen LogP contribution in [0.2, 0.25) is 0 Å². The van der Waals surface area contributed by atoms with Gasteiger partial charge in [0.1, 0.15) is 0 Å². The first-order valence-electron chi connectivity index (χ1n) is 7.64. The Morgan fingerprint density at radius 1 is 1.09 bits per heavy atom. The fraction of sp³-hybridized carbons (Fsp3) is 0.263. The van der Waals surface area contributed by atoms with Crippen LogP contribution in [-0.2, 0) is 17.3 Å². The maximum atomic E-state index is 12.4. The van der Waals surface area contributed by atoms with E-state index in [1.165, 1.54) is 11.1 Å². The second-order valence-electron chi connectivity index (χ2n) is 5.34. The van der Waals surface area contributed by atoms with Crippen LogP contribution in [0.25, 0.3) is 0 Å². The Kier molecular flexibility index (Phi) is 6.41. The Balaban J connectivity index is 2.05. The van der Waals surface area contributed by atoms with Crippen molar-refractivity contribution in [2.24, 2.45) is 0 Å². The number of hydrogen-bond acceptors (Lipinski definition) is 2. The lowest BCUT2D eigenvalue weighted by molar-refractivity contribution is 0.686. The Labute approximate surface area is 135 Å². The second kappa shape index (κ2) is 8.54. The zero-order chi connectivity index (χ0) is 15.8. The summed E-state index contributed by atoms with van der Waals surface area (Å²) in [6.45, 7) is 4.93. The highest BCUT2D eigenvalue weighted by Gasteiger charge is 2.03. The summed E-state index contributed by atoms with van der Waals surface area (Å²) in [5.41, 5.74) is 3.46. The standard InChI is InChI=1S/C19H23NOS/c1-3-7-18(20-14-17-8-5-4-6-9-17)15-22(21)19-12-10-16(2)11-13-19/h4-6,8-13,15,20H,3,7,14H2,1-2H3/b18-15+. The van der Waals surface area contributed by atoms with Gasteiger partial charge in [-0.15, -0.1) is 0 Å². The highest BCUT2D eigenvalue weighted by Crippen LogP contribution is 2.13. The number of nitrogens with one attached hydrogen (secondary N) is 1. The van der Waals surface area contributed by atoms with E-state index in [-0.39, 0.29) is 0 Å². The van der Waals surface area contributed by atoms with Gasteiger partial charge in [0.15, 0.2) is 0 Å². The van der Waals surface area contributed by atoms with Crippen LogP contribution in [0.4, 0.5) is 0 Å². The third kappa shape index (κ3) is 5.15. The smallest absolute Gasteiger partial charge is 0.0793 e. The molecule has 22 heavy (non-hydrogen) atoms. The van der Waals surface area contributed by atoms with Crippen molar-refractivity contribution in [3.8, 4) is 0 Å². The van der Waals surface area contributed by atoms with E-state index in [1.54, 1.807) is 0 Å². The average Bonchev–Trinajstić information content (AvgIpc) is 2.54. The molecular weight excluding hydrogens is 290 g/mol. The minimum Gasteiger partial charge on any atom is -0.384 e. The summed E-state index contributed by atoms with van der Waals surface area (Å²) in [6, 6.07) is 18.1. The maximum Gasteiger partial charge on any atom is 0.0793 e. The zero-order valence-electron chi connectivity index (χ0n) is 13.2. The first kappa shape index (κ1) is 16.5. The van der Waals surface area contributed by atoms with Gasteiger partial charge in [-0.25, -0.2) is 4.21 Å². The zero-order valence-corrected chi connectivity index (χ0v) is 14.0. The molecular formula is C19H23NOS. The highest BCUT2D eigenvalue weighted by molar-refractivity contribution is 7.88. The van der Waals surface area contributed by atoms with Gasteiger partial charge in [0.05, 0.1) is 10.8 Å².